The molecule has 2 aliphatic rings. The molecule has 0 atom stereocenters. The fourth-order valence-electron chi connectivity index (χ4n) is 5.11. The minimum Gasteiger partial charge on any atom is -0.495 e. The Hall–Kier alpha value is -2.64. The number of ether oxygens (including phenoxy) is 2. The number of carbonyl (C=O) groups excluding carboxylic acids is 1. The maximum absolute atomic E-state index is 12.6. The van der Waals surface area contributed by atoms with Gasteiger partial charge in [0.2, 0.25) is 0 Å². The molecule has 0 bridgehead atoms. The first kappa shape index (κ1) is 25.5. The third-order valence-electron chi connectivity index (χ3n) is 6.84. The van der Waals surface area contributed by atoms with Crippen LogP contribution in [0.4, 0.5) is 16.2 Å². The predicted octanol–water partition coefficient (Wildman–Crippen LogP) is 5.39. The predicted molar refractivity (Wildman–Crippen MR) is 142 cm³/mol. The second kappa shape index (κ2) is 11.9. The zero-order valence-electron chi connectivity index (χ0n) is 20.9. The zero-order valence-corrected chi connectivity index (χ0v) is 21.7. The van der Waals surface area contributed by atoms with Gasteiger partial charge in [-0.1, -0.05) is 23.7 Å². The number of benzene rings is 2. The third kappa shape index (κ3) is 6.73. The Labute approximate surface area is 213 Å². The standard InChI is InChI=1S/C27H37ClN4O3/c1-19(2)35-26-7-5-4-6-24(26)32-16-14-31(15-17-32)22-11-9-21(10-12-22)29-27(33)30-23-18-20(28)8-13-25(23)34-3/h4-8,13,18-19,21-22H,9-12,14-17H2,1-3H3,(H2,29,30,33)/t21-,22+. The van der Waals surface area contributed by atoms with Crippen molar-refractivity contribution in [1.29, 1.82) is 0 Å². The normalized spacial score (nSPS) is 21.0. The summed E-state index contributed by atoms with van der Waals surface area (Å²) in [6, 6.07) is 14.1. The van der Waals surface area contributed by atoms with Crippen LogP contribution in [0.5, 0.6) is 11.5 Å². The van der Waals surface area contributed by atoms with Gasteiger partial charge in [0, 0.05) is 43.3 Å². The first-order valence-corrected chi connectivity index (χ1v) is 13.0. The fraction of sp³-hybridized carbons (Fsp3) is 0.519. The van der Waals surface area contributed by atoms with Crippen molar-refractivity contribution in [2.24, 2.45) is 0 Å². The van der Waals surface area contributed by atoms with Gasteiger partial charge in [0.25, 0.3) is 0 Å². The van der Waals surface area contributed by atoms with E-state index in [1.165, 1.54) is 5.69 Å². The highest BCUT2D eigenvalue weighted by Crippen LogP contribution is 2.31. The summed E-state index contributed by atoms with van der Waals surface area (Å²) in [5.41, 5.74) is 1.76. The van der Waals surface area contributed by atoms with Crippen LogP contribution in [0.2, 0.25) is 5.02 Å². The molecule has 2 N–H and O–H groups in total. The molecule has 0 radical (unpaired) electrons. The smallest absolute Gasteiger partial charge is 0.319 e. The Morgan fingerprint density at radius 1 is 1.00 bits per heavy atom. The highest BCUT2D eigenvalue weighted by Gasteiger charge is 2.29. The molecule has 1 saturated carbocycles. The average Bonchev–Trinajstić information content (AvgIpc) is 2.85. The van der Waals surface area contributed by atoms with Crippen LogP contribution in [0, 0.1) is 0 Å². The first-order valence-electron chi connectivity index (χ1n) is 12.6. The minimum absolute atomic E-state index is 0.163. The lowest BCUT2D eigenvalue weighted by Crippen LogP contribution is -2.52. The van der Waals surface area contributed by atoms with E-state index in [0.29, 0.717) is 22.5 Å². The lowest BCUT2D eigenvalue weighted by molar-refractivity contribution is 0.137. The second-order valence-electron chi connectivity index (χ2n) is 9.61. The van der Waals surface area contributed by atoms with E-state index in [0.717, 1.165) is 57.6 Å². The molecule has 2 amide bonds. The molecule has 190 valence electrons. The van der Waals surface area contributed by atoms with Gasteiger partial charge >= 0.3 is 6.03 Å². The molecule has 7 nitrogen and oxygen atoms in total. The molecule has 1 aliphatic carbocycles. The third-order valence-corrected chi connectivity index (χ3v) is 7.08. The number of piperazine rings is 1. The van der Waals surface area contributed by atoms with Crippen molar-refractivity contribution >= 4 is 29.0 Å². The van der Waals surface area contributed by atoms with E-state index in [1.807, 2.05) is 6.07 Å². The van der Waals surface area contributed by atoms with E-state index in [-0.39, 0.29) is 18.2 Å². The monoisotopic (exact) mass is 500 g/mol. The van der Waals surface area contributed by atoms with Crippen molar-refractivity contribution in [1.82, 2.24) is 10.2 Å². The van der Waals surface area contributed by atoms with Crippen LogP contribution in [0.25, 0.3) is 0 Å². The van der Waals surface area contributed by atoms with Crippen molar-refractivity contribution in [2.75, 3.05) is 43.5 Å². The Balaban J connectivity index is 1.23. The minimum atomic E-state index is -0.218. The van der Waals surface area contributed by atoms with Gasteiger partial charge in [-0.25, -0.2) is 4.79 Å². The first-order chi connectivity index (χ1) is 16.9. The van der Waals surface area contributed by atoms with Gasteiger partial charge in [-0.05, 0) is 69.9 Å². The van der Waals surface area contributed by atoms with E-state index in [9.17, 15) is 4.79 Å². The SMILES string of the molecule is COc1ccc(Cl)cc1NC(=O)N[C@H]1CC[C@@H](N2CCN(c3ccccc3OC(C)C)CC2)CC1. The summed E-state index contributed by atoms with van der Waals surface area (Å²) in [6.45, 7) is 8.23. The molecule has 0 unspecified atom stereocenters. The van der Waals surface area contributed by atoms with Crippen LogP contribution in [-0.2, 0) is 0 Å². The Kier molecular flexibility index (Phi) is 8.63. The zero-order chi connectivity index (χ0) is 24.8. The summed E-state index contributed by atoms with van der Waals surface area (Å²) in [4.78, 5) is 17.6. The molecule has 2 fully saturated rings. The van der Waals surface area contributed by atoms with Gasteiger partial charge in [-0.15, -0.1) is 0 Å². The maximum Gasteiger partial charge on any atom is 0.319 e. The van der Waals surface area contributed by atoms with Crippen LogP contribution < -0.4 is 25.0 Å². The molecule has 1 heterocycles. The van der Waals surface area contributed by atoms with Gasteiger partial charge in [-0.2, -0.15) is 0 Å². The topological polar surface area (TPSA) is 66.1 Å². The van der Waals surface area contributed by atoms with E-state index in [4.69, 9.17) is 21.1 Å². The summed E-state index contributed by atoms with van der Waals surface area (Å²) in [6.07, 6.45) is 4.32. The molecule has 0 aromatic heterocycles. The van der Waals surface area contributed by atoms with Crippen molar-refractivity contribution in [3.63, 3.8) is 0 Å². The fourth-order valence-corrected chi connectivity index (χ4v) is 5.28. The Bertz CT molecular complexity index is 986. The molecule has 8 heteroatoms. The number of nitrogens with one attached hydrogen (secondary N) is 2. The molecule has 2 aromatic rings. The lowest BCUT2D eigenvalue weighted by atomic mass is 9.90. The van der Waals surface area contributed by atoms with Crippen LogP contribution in [-0.4, -0.2) is 62.4 Å². The van der Waals surface area contributed by atoms with E-state index in [1.54, 1.807) is 25.3 Å². The highest BCUT2D eigenvalue weighted by atomic mass is 35.5. The van der Waals surface area contributed by atoms with Gasteiger partial charge < -0.3 is 25.0 Å². The Morgan fingerprint density at radius 3 is 2.40 bits per heavy atom. The van der Waals surface area contributed by atoms with Gasteiger partial charge in [0.1, 0.15) is 11.5 Å². The maximum atomic E-state index is 12.6. The van der Waals surface area contributed by atoms with Crippen molar-refractivity contribution < 1.29 is 14.3 Å². The summed E-state index contributed by atoms with van der Waals surface area (Å²) in [7, 11) is 1.58. The van der Waals surface area contributed by atoms with Crippen LogP contribution in [0.1, 0.15) is 39.5 Å². The van der Waals surface area contributed by atoms with E-state index in [2.05, 4.69) is 52.5 Å². The van der Waals surface area contributed by atoms with Crippen molar-refractivity contribution in [3.8, 4) is 11.5 Å². The number of hydrogen-bond acceptors (Lipinski definition) is 5. The second-order valence-corrected chi connectivity index (χ2v) is 10.0. The molecular weight excluding hydrogens is 464 g/mol. The van der Waals surface area contributed by atoms with Gasteiger partial charge in [0.05, 0.1) is 24.6 Å². The van der Waals surface area contributed by atoms with E-state index >= 15 is 0 Å². The number of halogens is 1. The molecule has 35 heavy (non-hydrogen) atoms. The molecule has 2 aromatic carbocycles. The van der Waals surface area contributed by atoms with Crippen molar-refractivity contribution in [3.05, 3.63) is 47.5 Å². The highest BCUT2D eigenvalue weighted by molar-refractivity contribution is 6.31. The van der Waals surface area contributed by atoms with Gasteiger partial charge in [-0.3, -0.25) is 4.90 Å². The molecule has 1 aliphatic heterocycles. The Morgan fingerprint density at radius 2 is 1.71 bits per heavy atom. The summed E-state index contributed by atoms with van der Waals surface area (Å²) in [5.74, 6) is 1.56. The molecule has 4 rings (SSSR count). The molecular formula is C27H37ClN4O3. The number of hydrogen-bond donors (Lipinski definition) is 2. The summed E-state index contributed by atoms with van der Waals surface area (Å²) in [5, 5.41) is 6.55. The number of amides is 2. The lowest BCUT2D eigenvalue weighted by Gasteiger charge is -2.43. The number of carbonyl (C=O) groups is 1. The van der Waals surface area contributed by atoms with Crippen LogP contribution in [0.15, 0.2) is 42.5 Å². The number of nitrogens with zero attached hydrogens (tertiary/aromatic N) is 2. The number of urea groups is 1. The van der Waals surface area contributed by atoms with Crippen LogP contribution >= 0.6 is 11.6 Å². The summed E-state index contributed by atoms with van der Waals surface area (Å²) < 4.78 is 11.3. The van der Waals surface area contributed by atoms with Crippen LogP contribution in [0.3, 0.4) is 0 Å². The quantitative estimate of drug-likeness (QED) is 0.533. The number of anilines is 2. The number of rotatable bonds is 7. The largest absolute Gasteiger partial charge is 0.495 e. The molecule has 1 saturated heterocycles. The number of methoxy groups -OCH3 is 1. The van der Waals surface area contributed by atoms with E-state index < -0.39 is 0 Å². The van der Waals surface area contributed by atoms with Gasteiger partial charge in [0.15, 0.2) is 0 Å². The molecule has 0 spiro atoms. The van der Waals surface area contributed by atoms with Crippen molar-refractivity contribution in [2.45, 2.75) is 57.7 Å². The average molecular weight is 501 g/mol. The summed E-state index contributed by atoms with van der Waals surface area (Å²) >= 11 is 6.07. The number of para-hydroxylation sites is 2.